The van der Waals surface area contributed by atoms with Crippen molar-refractivity contribution in [3.8, 4) is 5.75 Å². The van der Waals surface area contributed by atoms with Crippen molar-refractivity contribution >= 4 is 6.09 Å². The summed E-state index contributed by atoms with van der Waals surface area (Å²) in [4.78, 5) is 13.6. The van der Waals surface area contributed by atoms with Gasteiger partial charge in [-0.3, -0.25) is 4.90 Å². The zero-order valence-corrected chi connectivity index (χ0v) is 12.0. The van der Waals surface area contributed by atoms with E-state index in [1.54, 1.807) is 32.9 Å². The third kappa shape index (κ3) is 3.21. The van der Waals surface area contributed by atoms with Gasteiger partial charge in [0, 0.05) is 6.54 Å². The maximum Gasteiger partial charge on any atom is 0.410 e. The molecule has 20 heavy (non-hydrogen) atoms. The third-order valence-electron chi connectivity index (χ3n) is 3.19. The molecular formula is C15H20FNO3. The summed E-state index contributed by atoms with van der Waals surface area (Å²) in [5.74, 6) is 0.117. The van der Waals surface area contributed by atoms with Gasteiger partial charge in [0.05, 0.1) is 6.04 Å². The van der Waals surface area contributed by atoms with Crippen LogP contribution in [0.3, 0.4) is 0 Å². The number of amides is 1. The molecule has 5 heteroatoms. The highest BCUT2D eigenvalue weighted by Gasteiger charge is 2.40. The van der Waals surface area contributed by atoms with Crippen molar-refractivity contribution in [2.45, 2.75) is 45.0 Å². The van der Waals surface area contributed by atoms with Crippen molar-refractivity contribution in [1.82, 2.24) is 4.90 Å². The Hall–Kier alpha value is -1.78. The molecule has 1 aliphatic rings. The standard InChI is InChI=1S/C15H20FNO3/c1-15(2,3)20-14(19)17-9-8-12(16)13(17)10-4-6-11(18)7-5-10/h4-7,12-13,18H,8-9H2,1-3H3. The summed E-state index contributed by atoms with van der Waals surface area (Å²) in [5.41, 5.74) is 0.0593. The second-order valence-corrected chi connectivity index (χ2v) is 6.01. The first kappa shape index (κ1) is 14.6. The molecule has 0 bridgehead atoms. The van der Waals surface area contributed by atoms with Gasteiger partial charge in [0.1, 0.15) is 17.5 Å². The zero-order chi connectivity index (χ0) is 14.9. The Labute approximate surface area is 118 Å². The SMILES string of the molecule is CC(C)(C)OC(=O)N1CCC(F)C1c1ccc(O)cc1. The molecule has 0 aromatic heterocycles. The van der Waals surface area contributed by atoms with E-state index in [1.165, 1.54) is 17.0 Å². The Balaban J connectivity index is 2.20. The number of alkyl halides is 1. The monoisotopic (exact) mass is 281 g/mol. The second kappa shape index (κ2) is 5.31. The van der Waals surface area contributed by atoms with Crippen molar-refractivity contribution in [3.63, 3.8) is 0 Å². The molecule has 1 aromatic carbocycles. The predicted octanol–water partition coefficient (Wildman–Crippen LogP) is 3.41. The molecule has 1 N–H and O–H groups in total. The lowest BCUT2D eigenvalue weighted by atomic mass is 10.0. The van der Waals surface area contributed by atoms with E-state index in [4.69, 9.17) is 4.74 Å². The van der Waals surface area contributed by atoms with Gasteiger partial charge < -0.3 is 9.84 Å². The van der Waals surface area contributed by atoms with E-state index in [0.717, 1.165) is 0 Å². The summed E-state index contributed by atoms with van der Waals surface area (Å²) in [5, 5.41) is 9.29. The number of nitrogens with zero attached hydrogens (tertiary/aromatic N) is 1. The summed E-state index contributed by atoms with van der Waals surface area (Å²) in [6, 6.07) is 5.61. The minimum Gasteiger partial charge on any atom is -0.508 e. The van der Waals surface area contributed by atoms with Crippen molar-refractivity contribution < 1.29 is 19.0 Å². The number of aromatic hydroxyl groups is 1. The van der Waals surface area contributed by atoms with Gasteiger partial charge in [0.25, 0.3) is 0 Å². The first-order valence-corrected chi connectivity index (χ1v) is 6.70. The Kier molecular flexibility index (Phi) is 3.88. The molecule has 1 fully saturated rings. The minimum atomic E-state index is -1.12. The molecule has 0 aliphatic carbocycles. The highest BCUT2D eigenvalue weighted by atomic mass is 19.1. The molecular weight excluding hydrogens is 261 g/mol. The lowest BCUT2D eigenvalue weighted by molar-refractivity contribution is 0.0194. The van der Waals surface area contributed by atoms with Crippen LogP contribution < -0.4 is 0 Å². The molecule has 1 heterocycles. The lowest BCUT2D eigenvalue weighted by Gasteiger charge is -2.29. The first-order chi connectivity index (χ1) is 9.28. The highest BCUT2D eigenvalue weighted by molar-refractivity contribution is 5.69. The van der Waals surface area contributed by atoms with E-state index < -0.39 is 23.9 Å². The fourth-order valence-electron chi connectivity index (χ4n) is 2.34. The average Bonchev–Trinajstić information content (AvgIpc) is 2.70. The van der Waals surface area contributed by atoms with Gasteiger partial charge in [0.15, 0.2) is 0 Å². The first-order valence-electron chi connectivity index (χ1n) is 6.70. The van der Waals surface area contributed by atoms with Crippen LogP contribution in [0.4, 0.5) is 9.18 Å². The maximum absolute atomic E-state index is 14.1. The van der Waals surface area contributed by atoms with Gasteiger partial charge in [0.2, 0.25) is 0 Å². The second-order valence-electron chi connectivity index (χ2n) is 6.01. The smallest absolute Gasteiger partial charge is 0.410 e. The zero-order valence-electron chi connectivity index (χ0n) is 12.0. The molecule has 0 saturated carbocycles. The van der Waals surface area contributed by atoms with E-state index in [9.17, 15) is 14.3 Å². The van der Waals surface area contributed by atoms with Gasteiger partial charge in [-0.25, -0.2) is 9.18 Å². The van der Waals surface area contributed by atoms with Crippen LogP contribution in [0.2, 0.25) is 0 Å². The Morgan fingerprint density at radius 1 is 1.35 bits per heavy atom. The molecule has 2 unspecified atom stereocenters. The highest BCUT2D eigenvalue weighted by Crippen LogP contribution is 2.36. The molecule has 110 valence electrons. The number of rotatable bonds is 1. The van der Waals surface area contributed by atoms with E-state index in [1.807, 2.05) is 0 Å². The van der Waals surface area contributed by atoms with Crippen molar-refractivity contribution in [3.05, 3.63) is 29.8 Å². The van der Waals surface area contributed by atoms with Crippen LogP contribution in [-0.2, 0) is 4.74 Å². The minimum absolute atomic E-state index is 0.117. The van der Waals surface area contributed by atoms with Crippen LogP contribution in [0.25, 0.3) is 0 Å². The summed E-state index contributed by atoms with van der Waals surface area (Å²) >= 11 is 0. The predicted molar refractivity (Wildman–Crippen MR) is 73.3 cm³/mol. The van der Waals surface area contributed by atoms with Gasteiger partial charge in [-0.05, 0) is 44.9 Å². The number of ether oxygens (including phenoxy) is 1. The number of phenolic OH excluding ortho intramolecular Hbond substituents is 1. The Bertz CT molecular complexity index is 481. The fraction of sp³-hybridized carbons (Fsp3) is 0.533. The molecule has 2 atom stereocenters. The number of hydrogen-bond acceptors (Lipinski definition) is 3. The summed E-state index contributed by atoms with van der Waals surface area (Å²) in [7, 11) is 0. The number of carbonyl (C=O) groups excluding carboxylic acids is 1. The maximum atomic E-state index is 14.1. The molecule has 0 spiro atoms. The van der Waals surface area contributed by atoms with Crippen LogP contribution >= 0.6 is 0 Å². The molecule has 1 saturated heterocycles. The van der Waals surface area contributed by atoms with Gasteiger partial charge in [-0.1, -0.05) is 12.1 Å². The van der Waals surface area contributed by atoms with Crippen LogP contribution in [-0.4, -0.2) is 34.4 Å². The van der Waals surface area contributed by atoms with E-state index >= 15 is 0 Å². The van der Waals surface area contributed by atoms with Crippen LogP contribution in [0.1, 0.15) is 38.8 Å². The quantitative estimate of drug-likeness (QED) is 0.858. The fourth-order valence-corrected chi connectivity index (χ4v) is 2.34. The van der Waals surface area contributed by atoms with Crippen LogP contribution in [0, 0.1) is 0 Å². The van der Waals surface area contributed by atoms with E-state index in [2.05, 4.69) is 0 Å². The number of halogens is 1. The van der Waals surface area contributed by atoms with Crippen molar-refractivity contribution in [2.75, 3.05) is 6.54 Å². The number of phenols is 1. The lowest BCUT2D eigenvalue weighted by Crippen LogP contribution is -2.37. The molecule has 0 radical (unpaired) electrons. The average molecular weight is 281 g/mol. The molecule has 1 aliphatic heterocycles. The van der Waals surface area contributed by atoms with Gasteiger partial charge in [-0.2, -0.15) is 0 Å². The van der Waals surface area contributed by atoms with Crippen LogP contribution in [0.15, 0.2) is 24.3 Å². The molecule has 1 amide bonds. The third-order valence-corrected chi connectivity index (χ3v) is 3.19. The molecule has 2 rings (SSSR count). The molecule has 4 nitrogen and oxygen atoms in total. The number of likely N-dealkylation sites (tertiary alicyclic amines) is 1. The number of carbonyl (C=O) groups is 1. The van der Waals surface area contributed by atoms with Crippen molar-refractivity contribution in [1.29, 1.82) is 0 Å². The normalized spacial score (nSPS) is 22.9. The summed E-state index contributed by atoms with van der Waals surface area (Å²) < 4.78 is 19.4. The van der Waals surface area contributed by atoms with Gasteiger partial charge in [-0.15, -0.1) is 0 Å². The van der Waals surface area contributed by atoms with E-state index in [-0.39, 0.29) is 5.75 Å². The largest absolute Gasteiger partial charge is 0.508 e. The van der Waals surface area contributed by atoms with Crippen molar-refractivity contribution in [2.24, 2.45) is 0 Å². The topological polar surface area (TPSA) is 49.8 Å². The molecule has 1 aromatic rings. The Morgan fingerprint density at radius 2 is 1.95 bits per heavy atom. The summed E-state index contributed by atoms with van der Waals surface area (Å²) in [6.45, 7) is 5.68. The Morgan fingerprint density at radius 3 is 2.50 bits per heavy atom. The number of hydrogen-bond donors (Lipinski definition) is 1. The van der Waals surface area contributed by atoms with Gasteiger partial charge >= 0.3 is 6.09 Å². The summed E-state index contributed by atoms with van der Waals surface area (Å²) in [6.07, 6.45) is -1.33. The van der Waals surface area contributed by atoms with Crippen LogP contribution in [0.5, 0.6) is 5.75 Å². The van der Waals surface area contributed by atoms with E-state index in [0.29, 0.717) is 18.5 Å². The number of benzene rings is 1.